The second-order valence-corrected chi connectivity index (χ2v) is 4.96. The highest BCUT2D eigenvalue weighted by molar-refractivity contribution is 5.94. The lowest BCUT2D eigenvalue weighted by atomic mass is 10.1. The minimum atomic E-state index is -0.129. The van der Waals surface area contributed by atoms with Crippen LogP contribution in [0.15, 0.2) is 24.3 Å². The van der Waals surface area contributed by atoms with Crippen LogP contribution in [0.3, 0.4) is 0 Å². The molecule has 1 unspecified atom stereocenters. The van der Waals surface area contributed by atoms with Gasteiger partial charge in [0.2, 0.25) is 5.91 Å². The zero-order valence-corrected chi connectivity index (χ0v) is 12.7. The predicted octanol–water partition coefficient (Wildman–Crippen LogP) is 1.26. The molecule has 0 aliphatic carbocycles. The third kappa shape index (κ3) is 5.95. The van der Waals surface area contributed by atoms with Crippen LogP contribution < -0.4 is 10.6 Å². The van der Waals surface area contributed by atoms with Gasteiger partial charge in [-0.25, -0.2) is 0 Å². The van der Waals surface area contributed by atoms with Crippen LogP contribution in [0.5, 0.6) is 0 Å². The highest BCUT2D eigenvalue weighted by Crippen LogP contribution is 2.08. The molecule has 0 aliphatic heterocycles. The summed E-state index contributed by atoms with van der Waals surface area (Å²) in [5.74, 6) is -0.157. The third-order valence-corrected chi connectivity index (χ3v) is 3.39. The molecular formula is C16H24N2O3. The van der Waals surface area contributed by atoms with Gasteiger partial charge in [-0.15, -0.1) is 0 Å². The maximum atomic E-state index is 11.9. The first-order chi connectivity index (χ1) is 10.1. The number of aryl methyl sites for hydroxylation is 1. The Morgan fingerprint density at radius 2 is 2.10 bits per heavy atom. The van der Waals surface area contributed by atoms with Crippen molar-refractivity contribution in [3.05, 3.63) is 35.4 Å². The first-order valence-corrected chi connectivity index (χ1v) is 7.32. The molecule has 1 atom stereocenters. The monoisotopic (exact) mass is 292 g/mol. The van der Waals surface area contributed by atoms with E-state index in [4.69, 9.17) is 5.11 Å². The molecule has 116 valence electrons. The van der Waals surface area contributed by atoms with Crippen molar-refractivity contribution in [2.24, 2.45) is 0 Å². The Hall–Kier alpha value is -1.88. The van der Waals surface area contributed by atoms with Crippen molar-refractivity contribution in [1.29, 1.82) is 0 Å². The number of carbonyl (C=O) groups excluding carboxylic acids is 2. The van der Waals surface area contributed by atoms with Gasteiger partial charge in [0, 0.05) is 31.7 Å². The SMILES string of the molecule is CCC(CCO)NC(=O)CCc1cccc(C(=O)NC)c1. The number of carbonyl (C=O) groups is 2. The number of aliphatic hydroxyl groups is 1. The lowest BCUT2D eigenvalue weighted by Gasteiger charge is -2.15. The lowest BCUT2D eigenvalue weighted by Crippen LogP contribution is -2.35. The standard InChI is InChI=1S/C16H24N2O3/c1-3-14(9-10-19)18-15(20)8-7-12-5-4-6-13(11-12)16(21)17-2/h4-6,11,14,19H,3,7-10H2,1-2H3,(H,17,21)(H,18,20). The number of hydrogen-bond donors (Lipinski definition) is 3. The molecule has 0 heterocycles. The summed E-state index contributed by atoms with van der Waals surface area (Å²) in [6, 6.07) is 7.30. The molecule has 0 aromatic heterocycles. The number of hydrogen-bond acceptors (Lipinski definition) is 3. The van der Waals surface area contributed by atoms with E-state index in [0.717, 1.165) is 12.0 Å². The fraction of sp³-hybridized carbons (Fsp3) is 0.500. The van der Waals surface area contributed by atoms with Crippen molar-refractivity contribution in [1.82, 2.24) is 10.6 Å². The Kier molecular flexibility index (Phi) is 7.46. The molecular weight excluding hydrogens is 268 g/mol. The van der Waals surface area contributed by atoms with E-state index >= 15 is 0 Å². The maximum absolute atomic E-state index is 11.9. The van der Waals surface area contributed by atoms with Gasteiger partial charge in [0.1, 0.15) is 0 Å². The van der Waals surface area contributed by atoms with E-state index in [0.29, 0.717) is 24.8 Å². The molecule has 1 rings (SSSR count). The smallest absolute Gasteiger partial charge is 0.251 e. The molecule has 0 saturated carbocycles. The summed E-state index contributed by atoms with van der Waals surface area (Å²) in [7, 11) is 1.59. The fourth-order valence-electron chi connectivity index (χ4n) is 2.10. The van der Waals surface area contributed by atoms with Crippen LogP contribution >= 0.6 is 0 Å². The number of benzene rings is 1. The van der Waals surface area contributed by atoms with E-state index in [2.05, 4.69) is 10.6 Å². The third-order valence-electron chi connectivity index (χ3n) is 3.39. The summed E-state index contributed by atoms with van der Waals surface area (Å²) in [5, 5.41) is 14.4. The van der Waals surface area contributed by atoms with Crippen molar-refractivity contribution in [2.45, 2.75) is 38.6 Å². The van der Waals surface area contributed by atoms with Crippen molar-refractivity contribution >= 4 is 11.8 Å². The van der Waals surface area contributed by atoms with E-state index in [1.807, 2.05) is 19.1 Å². The zero-order chi connectivity index (χ0) is 15.7. The van der Waals surface area contributed by atoms with Crippen LogP contribution in [-0.2, 0) is 11.2 Å². The molecule has 0 aliphatic rings. The summed E-state index contributed by atoms with van der Waals surface area (Å²) in [6.45, 7) is 2.06. The molecule has 0 bridgehead atoms. The first-order valence-electron chi connectivity index (χ1n) is 7.32. The molecule has 1 aromatic rings. The van der Waals surface area contributed by atoms with Gasteiger partial charge in [-0.2, -0.15) is 0 Å². The second kappa shape index (κ2) is 9.13. The fourth-order valence-corrected chi connectivity index (χ4v) is 2.10. The molecule has 0 spiro atoms. The van der Waals surface area contributed by atoms with Crippen molar-refractivity contribution < 1.29 is 14.7 Å². The van der Waals surface area contributed by atoms with Gasteiger partial charge in [-0.3, -0.25) is 9.59 Å². The molecule has 0 radical (unpaired) electrons. The van der Waals surface area contributed by atoms with Gasteiger partial charge in [0.05, 0.1) is 0 Å². The van der Waals surface area contributed by atoms with Crippen molar-refractivity contribution in [3.8, 4) is 0 Å². The van der Waals surface area contributed by atoms with E-state index in [1.165, 1.54) is 0 Å². The zero-order valence-electron chi connectivity index (χ0n) is 12.7. The normalized spacial score (nSPS) is 11.8. The summed E-state index contributed by atoms with van der Waals surface area (Å²) in [6.07, 6.45) is 2.35. The van der Waals surface area contributed by atoms with Gasteiger partial charge in [-0.05, 0) is 37.0 Å². The minimum Gasteiger partial charge on any atom is -0.396 e. The van der Waals surface area contributed by atoms with Crippen LogP contribution in [0.2, 0.25) is 0 Å². The summed E-state index contributed by atoms with van der Waals surface area (Å²) in [5.41, 5.74) is 1.56. The van der Waals surface area contributed by atoms with Gasteiger partial charge >= 0.3 is 0 Å². The maximum Gasteiger partial charge on any atom is 0.251 e. The molecule has 1 aromatic carbocycles. The molecule has 0 saturated heterocycles. The van der Waals surface area contributed by atoms with E-state index < -0.39 is 0 Å². The first kappa shape index (κ1) is 17.2. The number of aliphatic hydroxyl groups excluding tert-OH is 1. The van der Waals surface area contributed by atoms with Crippen LogP contribution in [-0.4, -0.2) is 36.6 Å². The lowest BCUT2D eigenvalue weighted by molar-refractivity contribution is -0.121. The highest BCUT2D eigenvalue weighted by atomic mass is 16.3. The summed E-state index contributed by atoms with van der Waals surface area (Å²) >= 11 is 0. The average molecular weight is 292 g/mol. The van der Waals surface area contributed by atoms with E-state index in [1.54, 1.807) is 19.2 Å². The van der Waals surface area contributed by atoms with E-state index in [-0.39, 0.29) is 24.5 Å². The van der Waals surface area contributed by atoms with Gasteiger partial charge in [0.25, 0.3) is 5.91 Å². The summed E-state index contributed by atoms with van der Waals surface area (Å²) < 4.78 is 0. The molecule has 2 amide bonds. The molecule has 5 nitrogen and oxygen atoms in total. The Morgan fingerprint density at radius 3 is 2.71 bits per heavy atom. The topological polar surface area (TPSA) is 78.4 Å². The van der Waals surface area contributed by atoms with Crippen LogP contribution in [0.4, 0.5) is 0 Å². The highest BCUT2D eigenvalue weighted by Gasteiger charge is 2.10. The Labute approximate surface area is 125 Å². The van der Waals surface area contributed by atoms with Gasteiger partial charge < -0.3 is 15.7 Å². The number of rotatable bonds is 8. The summed E-state index contributed by atoms with van der Waals surface area (Å²) in [4.78, 5) is 23.4. The molecule has 0 fully saturated rings. The molecule has 3 N–H and O–H groups in total. The molecule has 21 heavy (non-hydrogen) atoms. The van der Waals surface area contributed by atoms with Gasteiger partial charge in [0.15, 0.2) is 0 Å². The van der Waals surface area contributed by atoms with Crippen LogP contribution in [0.1, 0.15) is 42.1 Å². The molecule has 5 heteroatoms. The minimum absolute atomic E-state index is 0.0272. The second-order valence-electron chi connectivity index (χ2n) is 4.96. The van der Waals surface area contributed by atoms with Crippen LogP contribution in [0, 0.1) is 0 Å². The Balaban J connectivity index is 2.51. The number of nitrogens with one attached hydrogen (secondary N) is 2. The van der Waals surface area contributed by atoms with Crippen LogP contribution in [0.25, 0.3) is 0 Å². The Morgan fingerprint density at radius 1 is 1.33 bits per heavy atom. The Bertz CT molecular complexity index is 474. The van der Waals surface area contributed by atoms with Gasteiger partial charge in [-0.1, -0.05) is 19.1 Å². The average Bonchev–Trinajstić information content (AvgIpc) is 2.52. The van der Waals surface area contributed by atoms with Crippen molar-refractivity contribution in [3.63, 3.8) is 0 Å². The van der Waals surface area contributed by atoms with Crippen molar-refractivity contribution in [2.75, 3.05) is 13.7 Å². The van der Waals surface area contributed by atoms with E-state index in [9.17, 15) is 9.59 Å². The quantitative estimate of drug-likeness (QED) is 0.675. The predicted molar refractivity (Wildman–Crippen MR) is 82.1 cm³/mol. The number of amides is 2. The largest absolute Gasteiger partial charge is 0.396 e.